The van der Waals surface area contributed by atoms with Crippen molar-refractivity contribution >= 4 is 49.8 Å². The number of anilines is 3. The van der Waals surface area contributed by atoms with Gasteiger partial charge >= 0.3 is 0 Å². The average Bonchev–Trinajstić information content (AvgIpc) is 3.84. The van der Waals surface area contributed by atoms with Crippen molar-refractivity contribution in [1.29, 1.82) is 0 Å². The molecule has 0 atom stereocenters. The first-order valence-electron chi connectivity index (χ1n) is 24.6. The van der Waals surface area contributed by atoms with Crippen molar-refractivity contribution in [1.82, 2.24) is 0 Å². The van der Waals surface area contributed by atoms with Crippen LogP contribution in [0.4, 0.5) is 17.1 Å². The van der Waals surface area contributed by atoms with Gasteiger partial charge in [0, 0.05) is 27.8 Å². The van der Waals surface area contributed by atoms with E-state index in [1.165, 1.54) is 66.4 Å². The summed E-state index contributed by atoms with van der Waals surface area (Å²) in [6, 6.07) is 103. The highest BCUT2D eigenvalue weighted by atomic mass is 16.3. The van der Waals surface area contributed by atoms with Crippen LogP contribution in [-0.4, -0.2) is 0 Å². The summed E-state index contributed by atoms with van der Waals surface area (Å²) in [6.45, 7) is 0. The Morgan fingerprint density at radius 1 is 0.194 bits per heavy atom. The number of para-hydroxylation sites is 1. The minimum Gasteiger partial charge on any atom is -0.456 e. The molecule has 72 heavy (non-hydrogen) atoms. The first-order valence-corrected chi connectivity index (χ1v) is 24.6. The summed E-state index contributed by atoms with van der Waals surface area (Å²) in [5, 5.41) is 4.77. The molecule has 1 aromatic heterocycles. The molecule has 13 rings (SSSR count). The van der Waals surface area contributed by atoms with Crippen molar-refractivity contribution in [2.75, 3.05) is 4.90 Å². The maximum absolute atomic E-state index is 6.28. The van der Waals surface area contributed by atoms with Crippen LogP contribution in [0.1, 0.15) is 0 Å². The zero-order valence-corrected chi connectivity index (χ0v) is 39.5. The second-order valence-corrected chi connectivity index (χ2v) is 18.5. The number of rotatable bonds is 10. The first-order chi connectivity index (χ1) is 35.6. The Kier molecular flexibility index (Phi) is 10.9. The molecule has 13 aromatic rings. The normalized spacial score (nSPS) is 11.3. The summed E-state index contributed by atoms with van der Waals surface area (Å²) in [5.41, 5.74) is 21.5. The molecule has 0 amide bonds. The Morgan fingerprint density at radius 3 is 1.11 bits per heavy atom. The third kappa shape index (κ3) is 8.31. The van der Waals surface area contributed by atoms with Gasteiger partial charge in [-0.15, -0.1) is 0 Å². The van der Waals surface area contributed by atoms with Gasteiger partial charge < -0.3 is 9.32 Å². The summed E-state index contributed by atoms with van der Waals surface area (Å²) in [6.07, 6.45) is 0. The molecule has 2 heteroatoms. The highest BCUT2D eigenvalue weighted by Gasteiger charge is 2.16. The van der Waals surface area contributed by atoms with Gasteiger partial charge in [-0.1, -0.05) is 200 Å². The Morgan fingerprint density at radius 2 is 0.542 bits per heavy atom. The van der Waals surface area contributed by atoms with E-state index in [0.29, 0.717) is 0 Å². The van der Waals surface area contributed by atoms with Crippen molar-refractivity contribution in [2.24, 2.45) is 0 Å². The van der Waals surface area contributed by atoms with E-state index in [2.05, 4.69) is 278 Å². The van der Waals surface area contributed by atoms with Crippen LogP contribution in [0.15, 0.2) is 290 Å². The van der Waals surface area contributed by atoms with Crippen LogP contribution >= 0.6 is 0 Å². The van der Waals surface area contributed by atoms with Crippen LogP contribution in [0.2, 0.25) is 0 Å². The fourth-order valence-corrected chi connectivity index (χ4v) is 10.3. The molecule has 0 aliphatic carbocycles. The molecule has 338 valence electrons. The zero-order chi connectivity index (χ0) is 47.8. The molecule has 0 aliphatic heterocycles. The summed E-state index contributed by atoms with van der Waals surface area (Å²) < 4.78 is 6.28. The third-order valence-electron chi connectivity index (χ3n) is 14.1. The Bertz CT molecular complexity index is 3980. The molecule has 0 bridgehead atoms. The van der Waals surface area contributed by atoms with Crippen LogP contribution in [-0.2, 0) is 0 Å². The number of fused-ring (bicyclic) bond motifs is 4. The number of nitrogens with zero attached hydrogens (tertiary/aromatic N) is 1. The summed E-state index contributed by atoms with van der Waals surface area (Å²) in [5.74, 6) is 0. The summed E-state index contributed by atoms with van der Waals surface area (Å²) in [4.78, 5) is 2.35. The van der Waals surface area contributed by atoms with Crippen LogP contribution in [0.25, 0.3) is 111 Å². The fraction of sp³-hybridized carbons (Fsp3) is 0. The molecule has 0 aliphatic rings. The van der Waals surface area contributed by atoms with Gasteiger partial charge in [-0.2, -0.15) is 0 Å². The molecule has 0 saturated carbocycles. The highest BCUT2D eigenvalue weighted by Crippen LogP contribution is 2.40. The van der Waals surface area contributed by atoms with Gasteiger partial charge in [0.2, 0.25) is 0 Å². The number of benzene rings is 12. The van der Waals surface area contributed by atoms with Gasteiger partial charge in [0.05, 0.1) is 0 Å². The van der Waals surface area contributed by atoms with Gasteiger partial charge in [0.1, 0.15) is 11.2 Å². The Labute approximate surface area is 420 Å². The smallest absolute Gasteiger partial charge is 0.136 e. The van der Waals surface area contributed by atoms with Crippen molar-refractivity contribution in [3.63, 3.8) is 0 Å². The van der Waals surface area contributed by atoms with E-state index in [9.17, 15) is 0 Å². The van der Waals surface area contributed by atoms with E-state index < -0.39 is 0 Å². The first kappa shape index (κ1) is 42.6. The number of hydrogen-bond donors (Lipinski definition) is 0. The number of hydrogen-bond acceptors (Lipinski definition) is 2. The molecule has 0 N–H and O–H groups in total. The van der Waals surface area contributed by atoms with Crippen LogP contribution < -0.4 is 4.90 Å². The van der Waals surface area contributed by atoms with Crippen molar-refractivity contribution < 1.29 is 4.42 Å². The summed E-state index contributed by atoms with van der Waals surface area (Å²) >= 11 is 0. The maximum Gasteiger partial charge on any atom is 0.136 e. The molecule has 2 nitrogen and oxygen atoms in total. The lowest BCUT2D eigenvalue weighted by atomic mass is 9.93. The Balaban J connectivity index is 0.829. The van der Waals surface area contributed by atoms with E-state index in [1.54, 1.807) is 0 Å². The van der Waals surface area contributed by atoms with Gasteiger partial charge in [-0.3, -0.25) is 0 Å². The second-order valence-electron chi connectivity index (χ2n) is 18.5. The molecule has 0 saturated heterocycles. The van der Waals surface area contributed by atoms with Crippen molar-refractivity contribution in [2.45, 2.75) is 0 Å². The second kappa shape index (κ2) is 18.4. The maximum atomic E-state index is 6.28. The van der Waals surface area contributed by atoms with Crippen LogP contribution in [0.3, 0.4) is 0 Å². The Hall–Kier alpha value is -9.50. The van der Waals surface area contributed by atoms with E-state index >= 15 is 0 Å². The lowest BCUT2D eigenvalue weighted by Gasteiger charge is -2.26. The predicted molar refractivity (Wildman–Crippen MR) is 304 cm³/mol. The lowest BCUT2D eigenvalue weighted by Crippen LogP contribution is -2.09. The quantitative estimate of drug-likeness (QED) is 0.136. The van der Waals surface area contributed by atoms with E-state index in [4.69, 9.17) is 4.42 Å². The molecular weight excluding hydrogens is 871 g/mol. The molecule has 1 heterocycles. The molecule has 0 spiro atoms. The van der Waals surface area contributed by atoms with Gasteiger partial charge in [-0.25, -0.2) is 0 Å². The summed E-state index contributed by atoms with van der Waals surface area (Å²) in [7, 11) is 0. The van der Waals surface area contributed by atoms with Crippen LogP contribution in [0, 0.1) is 0 Å². The number of furan rings is 1. The SMILES string of the molecule is c1ccc(-c2cc(-c3ccccc3)cc(-c3ccc(N(c4ccc(-c5ccc(-c6cccc(-c7ccc8ccccc8c7)c6)cc5)cc4)c4ccc(-c5ccc6c(c5)oc5ccccc56)cc4)cc3)c2)cc1. The zero-order valence-electron chi connectivity index (χ0n) is 39.5. The third-order valence-corrected chi connectivity index (χ3v) is 14.1. The van der Waals surface area contributed by atoms with Crippen LogP contribution in [0.5, 0.6) is 0 Å². The van der Waals surface area contributed by atoms with Crippen molar-refractivity contribution in [3.8, 4) is 77.9 Å². The fourth-order valence-electron chi connectivity index (χ4n) is 10.3. The van der Waals surface area contributed by atoms with Gasteiger partial charge in [-0.05, 0) is 174 Å². The van der Waals surface area contributed by atoms with Gasteiger partial charge in [0.15, 0.2) is 0 Å². The minimum atomic E-state index is 0.894. The van der Waals surface area contributed by atoms with Crippen molar-refractivity contribution in [3.05, 3.63) is 285 Å². The molecule has 0 fully saturated rings. The van der Waals surface area contributed by atoms with E-state index in [0.717, 1.165) is 61.3 Å². The van der Waals surface area contributed by atoms with E-state index in [1.807, 2.05) is 12.1 Å². The lowest BCUT2D eigenvalue weighted by molar-refractivity contribution is 0.669. The topological polar surface area (TPSA) is 16.4 Å². The monoisotopic (exact) mass is 917 g/mol. The molecule has 12 aromatic carbocycles. The minimum absolute atomic E-state index is 0.894. The molecular formula is C70H47NO. The highest BCUT2D eigenvalue weighted by molar-refractivity contribution is 6.06. The molecule has 0 unspecified atom stereocenters. The average molecular weight is 918 g/mol. The largest absolute Gasteiger partial charge is 0.456 e. The molecule has 0 radical (unpaired) electrons. The standard InChI is InChI=1S/C70H47NO/c1-3-12-48(13-4-1)61-44-62(49-14-5-2-6-15-49)46-63(45-61)55-32-39-66(40-33-55)71(65-37-30-54(31-38-65)60-34-41-68-67-20-9-10-21-69(67)72-70(68)47-60)64-35-28-52(29-36-64)51-22-24-53(25-23-51)57-18-11-19-58(42-57)59-27-26-50-16-7-8-17-56(50)43-59/h1-47H. The van der Waals surface area contributed by atoms with Gasteiger partial charge in [0.25, 0.3) is 0 Å². The van der Waals surface area contributed by atoms with E-state index in [-0.39, 0.29) is 0 Å². The predicted octanol–water partition coefficient (Wildman–Crippen LogP) is 19.9.